The Morgan fingerprint density at radius 1 is 1.23 bits per heavy atom. The number of carbonyl (C=O) groups is 1. The van der Waals surface area contributed by atoms with Crippen molar-refractivity contribution in [1.82, 2.24) is 0 Å². The number of ketones is 1. The normalized spacial score (nSPS) is 39.1. The van der Waals surface area contributed by atoms with Gasteiger partial charge in [-0.1, -0.05) is 17.7 Å². The van der Waals surface area contributed by atoms with Crippen LogP contribution in [0.25, 0.3) is 0 Å². The average Bonchev–Trinajstić information content (AvgIpc) is 2.15. The van der Waals surface area contributed by atoms with Gasteiger partial charge in [0, 0.05) is 5.92 Å². The van der Waals surface area contributed by atoms with Crippen LogP contribution in [0.5, 0.6) is 0 Å². The van der Waals surface area contributed by atoms with Crippen molar-refractivity contribution in [1.29, 1.82) is 0 Å². The monoisotopic (exact) mass is 176 g/mol. The number of hydrogen-bond acceptors (Lipinski definition) is 1. The molecule has 70 valence electrons. The highest BCUT2D eigenvalue weighted by molar-refractivity contribution is 5.98. The summed E-state index contributed by atoms with van der Waals surface area (Å²) in [6, 6.07) is 0. The average molecular weight is 176 g/mol. The van der Waals surface area contributed by atoms with E-state index in [9.17, 15) is 4.79 Å². The van der Waals surface area contributed by atoms with Crippen molar-refractivity contribution in [2.75, 3.05) is 0 Å². The van der Waals surface area contributed by atoms with E-state index in [-0.39, 0.29) is 5.92 Å². The lowest BCUT2D eigenvalue weighted by Crippen LogP contribution is -2.22. The maximum atomic E-state index is 11.9. The summed E-state index contributed by atoms with van der Waals surface area (Å²) >= 11 is 0. The molecule has 2 unspecified atom stereocenters. The molecule has 1 heteroatoms. The molecule has 0 saturated carbocycles. The lowest BCUT2D eigenvalue weighted by Gasteiger charge is -2.27. The summed E-state index contributed by atoms with van der Waals surface area (Å²) in [6.07, 6.45) is 7.69. The fraction of sp³-hybridized carbons (Fsp3) is 0.583. The Hall–Kier alpha value is -0.850. The molecule has 0 aromatic rings. The summed E-state index contributed by atoms with van der Waals surface area (Å²) in [5.41, 5.74) is 2.31. The predicted molar refractivity (Wildman–Crippen MR) is 53.4 cm³/mol. The Kier molecular flexibility index (Phi) is 2.10. The fourth-order valence-corrected chi connectivity index (χ4v) is 2.30. The SMILES string of the molecule is C/C1=C(\C)C(=O)C2C=CC(CC2)C1. The topological polar surface area (TPSA) is 17.1 Å². The van der Waals surface area contributed by atoms with Crippen LogP contribution in [0.15, 0.2) is 23.3 Å². The van der Waals surface area contributed by atoms with Gasteiger partial charge in [0.25, 0.3) is 0 Å². The molecule has 0 saturated heterocycles. The van der Waals surface area contributed by atoms with Crippen LogP contribution in [-0.2, 0) is 4.79 Å². The molecule has 0 aliphatic heterocycles. The molecule has 1 nitrogen and oxygen atoms in total. The van der Waals surface area contributed by atoms with Gasteiger partial charge in [-0.3, -0.25) is 4.79 Å². The molecular formula is C12H16O. The van der Waals surface area contributed by atoms with E-state index >= 15 is 0 Å². The highest BCUT2D eigenvalue weighted by atomic mass is 16.1. The number of allylic oxidation sites excluding steroid dienone is 4. The summed E-state index contributed by atoms with van der Waals surface area (Å²) in [7, 11) is 0. The van der Waals surface area contributed by atoms with Gasteiger partial charge in [-0.2, -0.15) is 0 Å². The Bertz CT molecular complexity index is 296. The third-order valence-corrected chi connectivity index (χ3v) is 3.38. The molecular weight excluding hydrogens is 160 g/mol. The maximum absolute atomic E-state index is 11.9. The molecule has 0 radical (unpaired) electrons. The molecule has 2 atom stereocenters. The predicted octanol–water partition coefficient (Wildman–Crippen LogP) is 2.88. The van der Waals surface area contributed by atoms with Crippen molar-refractivity contribution in [3.05, 3.63) is 23.3 Å². The van der Waals surface area contributed by atoms with Crippen molar-refractivity contribution in [2.45, 2.75) is 33.1 Å². The first-order valence-electron chi connectivity index (χ1n) is 5.07. The highest BCUT2D eigenvalue weighted by Crippen LogP contribution is 2.33. The number of rotatable bonds is 0. The smallest absolute Gasteiger partial charge is 0.165 e. The van der Waals surface area contributed by atoms with Gasteiger partial charge in [-0.25, -0.2) is 0 Å². The Morgan fingerprint density at radius 2 is 2.00 bits per heavy atom. The number of fused-ring (bicyclic) bond motifs is 3. The fourth-order valence-electron chi connectivity index (χ4n) is 2.30. The van der Waals surface area contributed by atoms with E-state index < -0.39 is 0 Å². The van der Waals surface area contributed by atoms with Crippen molar-refractivity contribution in [3.8, 4) is 0 Å². The lowest BCUT2D eigenvalue weighted by atomic mass is 9.77. The van der Waals surface area contributed by atoms with Crippen molar-refractivity contribution >= 4 is 5.78 Å². The van der Waals surface area contributed by atoms with E-state index in [0.29, 0.717) is 11.7 Å². The second-order valence-corrected chi connectivity index (χ2v) is 4.30. The van der Waals surface area contributed by atoms with Gasteiger partial charge < -0.3 is 0 Å². The summed E-state index contributed by atoms with van der Waals surface area (Å²) in [5, 5.41) is 0. The summed E-state index contributed by atoms with van der Waals surface area (Å²) in [4.78, 5) is 11.9. The van der Waals surface area contributed by atoms with Gasteiger partial charge in [0.05, 0.1) is 0 Å². The minimum Gasteiger partial charge on any atom is -0.294 e. The zero-order chi connectivity index (χ0) is 9.42. The van der Waals surface area contributed by atoms with Gasteiger partial charge in [0.1, 0.15) is 0 Å². The van der Waals surface area contributed by atoms with E-state index in [1.54, 1.807) is 0 Å². The Labute approximate surface area is 79.5 Å². The molecule has 0 fully saturated rings. The summed E-state index contributed by atoms with van der Waals surface area (Å²) in [6.45, 7) is 4.08. The molecule has 3 aliphatic carbocycles. The summed E-state index contributed by atoms with van der Waals surface area (Å²) < 4.78 is 0. The molecule has 0 heterocycles. The van der Waals surface area contributed by atoms with Gasteiger partial charge in [-0.05, 0) is 44.6 Å². The van der Waals surface area contributed by atoms with Gasteiger partial charge >= 0.3 is 0 Å². The van der Waals surface area contributed by atoms with Gasteiger partial charge in [-0.15, -0.1) is 0 Å². The van der Waals surface area contributed by atoms with Gasteiger partial charge in [0.2, 0.25) is 0 Å². The standard InChI is InChI=1S/C12H16O/c1-8-7-10-3-5-11(6-4-10)12(13)9(8)2/h3,5,10-11H,4,6-7H2,1-2H3/b9-8-. The van der Waals surface area contributed by atoms with Crippen LogP contribution in [0.3, 0.4) is 0 Å². The maximum Gasteiger partial charge on any atom is 0.165 e. The van der Waals surface area contributed by atoms with Crippen LogP contribution in [0.4, 0.5) is 0 Å². The number of carbonyl (C=O) groups excluding carboxylic acids is 1. The van der Waals surface area contributed by atoms with Crippen molar-refractivity contribution in [2.24, 2.45) is 11.8 Å². The van der Waals surface area contributed by atoms with Crippen LogP contribution in [0.1, 0.15) is 33.1 Å². The molecule has 0 amide bonds. The molecule has 0 aromatic heterocycles. The minimum atomic E-state index is 0.187. The first-order chi connectivity index (χ1) is 6.18. The van der Waals surface area contributed by atoms with Crippen LogP contribution in [0, 0.1) is 11.8 Å². The Balaban J connectivity index is 2.38. The van der Waals surface area contributed by atoms with Crippen LogP contribution >= 0.6 is 0 Å². The second-order valence-electron chi connectivity index (χ2n) is 4.30. The minimum absolute atomic E-state index is 0.187. The molecule has 0 spiro atoms. The third kappa shape index (κ3) is 1.48. The molecule has 3 aliphatic rings. The van der Waals surface area contributed by atoms with Crippen molar-refractivity contribution in [3.63, 3.8) is 0 Å². The molecule has 13 heavy (non-hydrogen) atoms. The first kappa shape index (κ1) is 8.74. The van der Waals surface area contributed by atoms with E-state index in [1.165, 1.54) is 12.0 Å². The molecule has 2 bridgehead atoms. The number of Topliss-reactive ketones (excluding diaryl/α,β-unsaturated/α-hetero) is 1. The molecule has 0 N–H and O–H groups in total. The van der Waals surface area contributed by atoms with Crippen LogP contribution in [-0.4, -0.2) is 5.78 Å². The Morgan fingerprint density at radius 3 is 2.62 bits per heavy atom. The highest BCUT2D eigenvalue weighted by Gasteiger charge is 2.26. The largest absolute Gasteiger partial charge is 0.294 e. The van der Waals surface area contributed by atoms with Crippen molar-refractivity contribution < 1.29 is 4.79 Å². The van der Waals surface area contributed by atoms with Gasteiger partial charge in [0.15, 0.2) is 5.78 Å². The first-order valence-corrected chi connectivity index (χ1v) is 5.07. The number of hydrogen-bond donors (Lipinski definition) is 0. The molecule has 3 rings (SSSR count). The van der Waals surface area contributed by atoms with Crippen LogP contribution in [0.2, 0.25) is 0 Å². The van der Waals surface area contributed by atoms with Crippen LogP contribution < -0.4 is 0 Å². The van der Waals surface area contributed by atoms with E-state index in [0.717, 1.165) is 18.4 Å². The third-order valence-electron chi connectivity index (χ3n) is 3.38. The summed E-state index contributed by atoms with van der Waals surface area (Å²) in [5.74, 6) is 1.23. The van der Waals surface area contributed by atoms with E-state index in [4.69, 9.17) is 0 Å². The zero-order valence-electron chi connectivity index (χ0n) is 8.34. The molecule has 0 aromatic carbocycles. The van der Waals surface area contributed by atoms with E-state index in [1.807, 2.05) is 6.92 Å². The van der Waals surface area contributed by atoms with E-state index in [2.05, 4.69) is 19.1 Å². The lowest BCUT2D eigenvalue weighted by molar-refractivity contribution is -0.118. The zero-order valence-corrected chi connectivity index (χ0v) is 8.34. The second kappa shape index (κ2) is 3.13. The quantitative estimate of drug-likeness (QED) is 0.519.